The fourth-order valence-corrected chi connectivity index (χ4v) is 4.43. The number of likely N-dealkylation sites (tertiary alicyclic amines) is 1. The zero-order valence-corrected chi connectivity index (χ0v) is 15.6. The lowest BCUT2D eigenvalue weighted by Crippen LogP contribution is -2.48. The van der Waals surface area contributed by atoms with Crippen molar-refractivity contribution in [3.63, 3.8) is 0 Å². The minimum Gasteiger partial charge on any atom is -0.383 e. The number of hydrogen-bond acceptors (Lipinski definition) is 5. The van der Waals surface area contributed by atoms with Gasteiger partial charge in [-0.1, -0.05) is 20.3 Å². The first-order chi connectivity index (χ1) is 11.6. The highest BCUT2D eigenvalue weighted by Gasteiger charge is 2.39. The van der Waals surface area contributed by atoms with Crippen LogP contribution < -0.4 is 0 Å². The molecule has 2 heterocycles. The van der Waals surface area contributed by atoms with E-state index in [0.717, 1.165) is 43.2 Å². The predicted octanol–water partition coefficient (Wildman–Crippen LogP) is 2.60. The molecule has 1 aromatic rings. The smallest absolute Gasteiger partial charge is 0.225 e. The van der Waals surface area contributed by atoms with Crippen LogP contribution in [0, 0.1) is 5.92 Å². The number of rotatable bonds is 6. The Hall–Kier alpha value is -0.980. The van der Waals surface area contributed by atoms with Gasteiger partial charge in [0.2, 0.25) is 5.91 Å². The first-order valence-electron chi connectivity index (χ1n) is 9.24. The maximum Gasteiger partial charge on any atom is 0.225 e. The largest absolute Gasteiger partial charge is 0.383 e. The van der Waals surface area contributed by atoms with Crippen LogP contribution in [-0.2, 0) is 16.9 Å². The monoisotopic (exact) mass is 351 g/mol. The second-order valence-electron chi connectivity index (χ2n) is 7.07. The van der Waals surface area contributed by atoms with Gasteiger partial charge in [-0.05, 0) is 38.8 Å². The van der Waals surface area contributed by atoms with Gasteiger partial charge in [-0.15, -0.1) is 11.3 Å². The van der Waals surface area contributed by atoms with Crippen molar-refractivity contribution >= 4 is 17.2 Å². The minimum atomic E-state index is -0.867. The number of piperidine rings is 1. The molecule has 1 N–H and O–H groups in total. The Bertz CT molecular complexity index is 558. The molecule has 0 unspecified atom stereocenters. The number of hydrogen-bond donors (Lipinski definition) is 1. The fourth-order valence-electron chi connectivity index (χ4n) is 3.50. The maximum atomic E-state index is 12.3. The molecule has 0 spiro atoms. The molecule has 0 aromatic carbocycles. The quantitative estimate of drug-likeness (QED) is 0.856. The molecule has 134 valence electrons. The maximum absolute atomic E-state index is 12.3. The molecule has 6 heteroatoms. The van der Waals surface area contributed by atoms with Gasteiger partial charge in [0.25, 0.3) is 0 Å². The van der Waals surface area contributed by atoms with Crippen LogP contribution >= 0.6 is 11.3 Å². The third-order valence-corrected chi connectivity index (χ3v) is 6.47. The average molecular weight is 352 g/mol. The molecule has 1 aromatic heterocycles. The Morgan fingerprint density at radius 3 is 2.58 bits per heavy atom. The first-order valence-corrected chi connectivity index (χ1v) is 10.1. The highest BCUT2D eigenvalue weighted by molar-refractivity contribution is 7.09. The summed E-state index contributed by atoms with van der Waals surface area (Å²) in [6.45, 7) is 8.46. The lowest BCUT2D eigenvalue weighted by molar-refractivity contribution is -0.142. The number of amides is 1. The van der Waals surface area contributed by atoms with Crippen molar-refractivity contribution in [1.82, 2.24) is 14.8 Å². The number of aromatic nitrogens is 1. The van der Waals surface area contributed by atoms with Gasteiger partial charge in [0.1, 0.15) is 10.6 Å². The molecule has 2 fully saturated rings. The van der Waals surface area contributed by atoms with Crippen molar-refractivity contribution in [3.8, 4) is 0 Å². The average Bonchev–Trinajstić information content (AvgIpc) is 3.01. The Morgan fingerprint density at radius 1 is 1.38 bits per heavy atom. The SMILES string of the molecule is CCN(CC)Cc1nc(C2(O)CCN(C(=O)C3CCC3)CC2)cs1. The zero-order chi connectivity index (χ0) is 17.2. The summed E-state index contributed by atoms with van der Waals surface area (Å²) in [7, 11) is 0. The van der Waals surface area contributed by atoms with Crippen LogP contribution in [0.2, 0.25) is 0 Å². The van der Waals surface area contributed by atoms with Crippen molar-refractivity contribution in [2.75, 3.05) is 26.2 Å². The van der Waals surface area contributed by atoms with Crippen molar-refractivity contribution in [2.45, 2.75) is 58.1 Å². The number of thiazole rings is 1. The van der Waals surface area contributed by atoms with Crippen LogP contribution in [0.5, 0.6) is 0 Å². The van der Waals surface area contributed by atoms with Gasteiger partial charge in [0.05, 0.1) is 12.2 Å². The fraction of sp³-hybridized carbons (Fsp3) is 0.778. The van der Waals surface area contributed by atoms with Gasteiger partial charge < -0.3 is 10.0 Å². The molecule has 1 saturated carbocycles. The summed E-state index contributed by atoms with van der Waals surface area (Å²) in [6, 6.07) is 0. The summed E-state index contributed by atoms with van der Waals surface area (Å²) >= 11 is 1.63. The number of aliphatic hydroxyl groups is 1. The van der Waals surface area contributed by atoms with Crippen molar-refractivity contribution in [1.29, 1.82) is 0 Å². The van der Waals surface area contributed by atoms with E-state index >= 15 is 0 Å². The van der Waals surface area contributed by atoms with Crippen LogP contribution in [0.15, 0.2) is 5.38 Å². The Morgan fingerprint density at radius 2 is 2.04 bits per heavy atom. The van der Waals surface area contributed by atoms with E-state index in [0.29, 0.717) is 31.8 Å². The van der Waals surface area contributed by atoms with Gasteiger partial charge in [-0.25, -0.2) is 4.98 Å². The first kappa shape index (κ1) is 17.8. The third-order valence-electron chi connectivity index (χ3n) is 5.64. The molecule has 3 rings (SSSR count). The Balaban J connectivity index is 1.59. The molecular formula is C18H29N3O2S. The van der Waals surface area contributed by atoms with Crippen LogP contribution in [0.3, 0.4) is 0 Å². The molecule has 0 radical (unpaired) electrons. The van der Waals surface area contributed by atoms with Crippen LogP contribution in [-0.4, -0.2) is 52.0 Å². The minimum absolute atomic E-state index is 0.246. The van der Waals surface area contributed by atoms with Gasteiger partial charge in [-0.2, -0.15) is 0 Å². The van der Waals surface area contributed by atoms with Gasteiger partial charge in [0.15, 0.2) is 0 Å². The van der Waals surface area contributed by atoms with Crippen molar-refractivity contribution < 1.29 is 9.90 Å². The summed E-state index contributed by atoms with van der Waals surface area (Å²) < 4.78 is 0. The summed E-state index contributed by atoms with van der Waals surface area (Å²) in [5.41, 5.74) is -0.0700. The van der Waals surface area contributed by atoms with E-state index in [2.05, 4.69) is 18.7 Å². The normalized spacial score (nSPS) is 21.1. The second kappa shape index (κ2) is 7.50. The van der Waals surface area contributed by atoms with E-state index in [9.17, 15) is 9.90 Å². The number of carbonyl (C=O) groups is 1. The van der Waals surface area contributed by atoms with Gasteiger partial charge in [0, 0.05) is 24.4 Å². The van der Waals surface area contributed by atoms with E-state index in [1.54, 1.807) is 11.3 Å². The molecule has 2 aliphatic rings. The summed E-state index contributed by atoms with van der Waals surface area (Å²) in [5.74, 6) is 0.542. The highest BCUT2D eigenvalue weighted by atomic mass is 32.1. The molecule has 24 heavy (non-hydrogen) atoms. The molecule has 1 aliphatic carbocycles. The van der Waals surface area contributed by atoms with Crippen molar-refractivity contribution in [2.24, 2.45) is 5.92 Å². The van der Waals surface area contributed by atoms with Gasteiger partial charge >= 0.3 is 0 Å². The molecule has 1 saturated heterocycles. The molecule has 0 bridgehead atoms. The Labute approximate surface area is 148 Å². The van der Waals surface area contributed by atoms with E-state index in [-0.39, 0.29) is 5.92 Å². The summed E-state index contributed by atoms with van der Waals surface area (Å²) in [5, 5.41) is 14.1. The predicted molar refractivity (Wildman–Crippen MR) is 95.8 cm³/mol. The summed E-state index contributed by atoms with van der Waals surface area (Å²) in [6.07, 6.45) is 4.46. The van der Waals surface area contributed by atoms with E-state index in [4.69, 9.17) is 4.98 Å². The summed E-state index contributed by atoms with van der Waals surface area (Å²) in [4.78, 5) is 21.3. The van der Waals surface area contributed by atoms with Crippen LogP contribution in [0.1, 0.15) is 56.7 Å². The molecule has 5 nitrogen and oxygen atoms in total. The molecule has 1 amide bonds. The highest BCUT2D eigenvalue weighted by Crippen LogP contribution is 2.36. The Kier molecular flexibility index (Phi) is 5.57. The number of nitrogens with zero attached hydrogens (tertiary/aromatic N) is 3. The molecular weight excluding hydrogens is 322 g/mol. The van der Waals surface area contributed by atoms with E-state index < -0.39 is 5.60 Å². The molecule has 0 atom stereocenters. The van der Waals surface area contributed by atoms with Gasteiger partial charge in [-0.3, -0.25) is 9.69 Å². The zero-order valence-electron chi connectivity index (χ0n) is 14.8. The number of carbonyl (C=O) groups excluding carboxylic acids is 1. The van der Waals surface area contributed by atoms with E-state index in [1.165, 1.54) is 6.42 Å². The second-order valence-corrected chi connectivity index (χ2v) is 8.02. The lowest BCUT2D eigenvalue weighted by atomic mass is 9.82. The van der Waals surface area contributed by atoms with Crippen molar-refractivity contribution in [3.05, 3.63) is 16.1 Å². The standard InChI is InChI=1S/C18H29N3O2S/c1-3-20(4-2)12-16-19-15(13-24-16)18(23)8-10-21(11-9-18)17(22)14-6-5-7-14/h13-14,23H,3-12H2,1-2H3. The molecule has 1 aliphatic heterocycles. The topological polar surface area (TPSA) is 56.7 Å². The lowest BCUT2D eigenvalue weighted by Gasteiger charge is -2.40. The van der Waals surface area contributed by atoms with Crippen LogP contribution in [0.4, 0.5) is 0 Å². The van der Waals surface area contributed by atoms with Crippen LogP contribution in [0.25, 0.3) is 0 Å². The van der Waals surface area contributed by atoms with E-state index in [1.807, 2.05) is 10.3 Å². The third kappa shape index (κ3) is 3.65.